The van der Waals surface area contributed by atoms with Crippen LogP contribution in [-0.2, 0) is 0 Å². The molecule has 0 saturated heterocycles. The zero-order chi connectivity index (χ0) is 12.7. The first-order chi connectivity index (χ1) is 8.21. The van der Waals surface area contributed by atoms with Gasteiger partial charge in [-0.2, -0.15) is 0 Å². The van der Waals surface area contributed by atoms with Gasteiger partial charge in [-0.3, -0.25) is 0 Å². The van der Waals surface area contributed by atoms with Crippen molar-refractivity contribution in [3.05, 3.63) is 29.8 Å². The Labute approximate surface area is 103 Å². The van der Waals surface area contributed by atoms with Gasteiger partial charge in [0.05, 0.1) is 12.3 Å². The molecular weight excluding hydrogens is 214 g/mol. The molecule has 0 fully saturated rings. The molecule has 1 N–H and O–H groups in total. The van der Waals surface area contributed by atoms with Crippen LogP contribution in [0.1, 0.15) is 39.2 Å². The first-order valence-corrected chi connectivity index (χ1v) is 6.15. The van der Waals surface area contributed by atoms with Crippen molar-refractivity contribution in [1.29, 1.82) is 0 Å². The van der Waals surface area contributed by atoms with Gasteiger partial charge in [0.15, 0.2) is 0 Å². The molecule has 0 radical (unpaired) electrons. The Hall–Kier alpha value is -1.51. The molecule has 1 aromatic carbocycles. The molecular formula is C14H21NO2. The van der Waals surface area contributed by atoms with E-state index in [0.717, 1.165) is 24.3 Å². The normalized spacial score (nSPS) is 13.5. The van der Waals surface area contributed by atoms with Gasteiger partial charge in [0.2, 0.25) is 0 Å². The van der Waals surface area contributed by atoms with Gasteiger partial charge in [0.25, 0.3) is 0 Å². The molecule has 3 nitrogen and oxygen atoms in total. The van der Waals surface area contributed by atoms with Gasteiger partial charge < -0.3 is 9.94 Å². The standard InChI is InChI=1S/C14H21NO2/c1-4-11(3)10-17-13-8-6-12(7-9-13)14(5-2)15-16/h6-9,11,16H,4-5,10H2,1-3H3/b15-14-. The van der Waals surface area contributed by atoms with Crippen molar-refractivity contribution in [2.75, 3.05) is 6.61 Å². The molecule has 0 spiro atoms. The van der Waals surface area contributed by atoms with Crippen LogP contribution in [0.4, 0.5) is 0 Å². The summed E-state index contributed by atoms with van der Waals surface area (Å²) in [5.74, 6) is 1.43. The minimum atomic E-state index is 0.569. The third-order valence-corrected chi connectivity index (χ3v) is 2.87. The van der Waals surface area contributed by atoms with Crippen LogP contribution in [-0.4, -0.2) is 17.5 Å². The Morgan fingerprint density at radius 1 is 1.29 bits per heavy atom. The van der Waals surface area contributed by atoms with Crippen molar-refractivity contribution in [1.82, 2.24) is 0 Å². The van der Waals surface area contributed by atoms with E-state index in [2.05, 4.69) is 19.0 Å². The van der Waals surface area contributed by atoms with Crippen molar-refractivity contribution >= 4 is 5.71 Å². The van der Waals surface area contributed by atoms with E-state index in [4.69, 9.17) is 9.94 Å². The fourth-order valence-corrected chi connectivity index (χ4v) is 1.43. The van der Waals surface area contributed by atoms with Crippen LogP contribution in [0.5, 0.6) is 5.75 Å². The fourth-order valence-electron chi connectivity index (χ4n) is 1.43. The van der Waals surface area contributed by atoms with E-state index in [-0.39, 0.29) is 0 Å². The van der Waals surface area contributed by atoms with E-state index in [1.165, 1.54) is 0 Å². The van der Waals surface area contributed by atoms with E-state index < -0.39 is 0 Å². The van der Waals surface area contributed by atoms with Gasteiger partial charge >= 0.3 is 0 Å². The molecule has 1 rings (SSSR count). The Morgan fingerprint density at radius 3 is 2.41 bits per heavy atom. The van der Waals surface area contributed by atoms with Crippen LogP contribution in [0.2, 0.25) is 0 Å². The Kier molecular flexibility index (Phi) is 5.53. The van der Waals surface area contributed by atoms with Crippen LogP contribution in [0, 0.1) is 5.92 Å². The lowest BCUT2D eigenvalue weighted by molar-refractivity contribution is 0.256. The SMILES string of the molecule is CC/C(=N/O)c1ccc(OCC(C)CC)cc1. The van der Waals surface area contributed by atoms with Gasteiger partial charge in [0.1, 0.15) is 5.75 Å². The Morgan fingerprint density at radius 2 is 1.94 bits per heavy atom. The highest BCUT2D eigenvalue weighted by molar-refractivity contribution is 6.00. The fraction of sp³-hybridized carbons (Fsp3) is 0.500. The smallest absolute Gasteiger partial charge is 0.119 e. The molecule has 0 bridgehead atoms. The Bertz CT molecular complexity index is 357. The number of oxime groups is 1. The van der Waals surface area contributed by atoms with Gasteiger partial charge in [-0.1, -0.05) is 32.3 Å². The maximum absolute atomic E-state index is 8.81. The molecule has 0 heterocycles. The molecule has 0 aliphatic rings. The monoisotopic (exact) mass is 235 g/mol. The summed E-state index contributed by atoms with van der Waals surface area (Å²) in [5, 5.41) is 12.1. The van der Waals surface area contributed by atoms with Crippen LogP contribution >= 0.6 is 0 Å². The molecule has 0 amide bonds. The van der Waals surface area contributed by atoms with Gasteiger partial charge in [-0.25, -0.2) is 0 Å². The quantitative estimate of drug-likeness (QED) is 0.464. The maximum atomic E-state index is 8.81. The van der Waals surface area contributed by atoms with Crippen molar-refractivity contribution < 1.29 is 9.94 Å². The van der Waals surface area contributed by atoms with Crippen LogP contribution in [0.25, 0.3) is 0 Å². The molecule has 1 unspecified atom stereocenters. The third-order valence-electron chi connectivity index (χ3n) is 2.87. The average Bonchev–Trinajstić information content (AvgIpc) is 2.38. The van der Waals surface area contributed by atoms with E-state index in [1.54, 1.807) is 0 Å². The lowest BCUT2D eigenvalue weighted by Crippen LogP contribution is -2.07. The van der Waals surface area contributed by atoms with E-state index in [0.29, 0.717) is 18.1 Å². The second kappa shape index (κ2) is 6.94. The molecule has 0 aliphatic heterocycles. The molecule has 3 heteroatoms. The highest BCUT2D eigenvalue weighted by Gasteiger charge is 2.03. The van der Waals surface area contributed by atoms with Crippen LogP contribution < -0.4 is 4.74 Å². The predicted molar refractivity (Wildman–Crippen MR) is 70.0 cm³/mol. The van der Waals surface area contributed by atoms with Crippen molar-refractivity contribution in [3.8, 4) is 5.75 Å². The summed E-state index contributed by atoms with van der Waals surface area (Å²) in [5.41, 5.74) is 1.63. The molecule has 1 aromatic rings. The lowest BCUT2D eigenvalue weighted by Gasteiger charge is -2.11. The van der Waals surface area contributed by atoms with Crippen LogP contribution in [0.3, 0.4) is 0 Å². The lowest BCUT2D eigenvalue weighted by atomic mass is 10.1. The summed E-state index contributed by atoms with van der Waals surface area (Å²) in [6.07, 6.45) is 1.83. The molecule has 0 aliphatic carbocycles. The van der Waals surface area contributed by atoms with Crippen LogP contribution in [0.15, 0.2) is 29.4 Å². The zero-order valence-corrected chi connectivity index (χ0v) is 10.8. The summed E-state index contributed by atoms with van der Waals surface area (Å²) in [6, 6.07) is 7.67. The number of hydrogen-bond donors (Lipinski definition) is 1. The molecule has 17 heavy (non-hydrogen) atoms. The second-order valence-corrected chi connectivity index (χ2v) is 4.25. The highest BCUT2D eigenvalue weighted by Crippen LogP contribution is 2.15. The number of nitrogens with zero attached hydrogens (tertiary/aromatic N) is 1. The first-order valence-electron chi connectivity index (χ1n) is 6.15. The van der Waals surface area contributed by atoms with Gasteiger partial charge in [-0.15, -0.1) is 0 Å². The first kappa shape index (κ1) is 13.6. The summed E-state index contributed by atoms with van der Waals surface area (Å²) in [4.78, 5) is 0. The summed E-state index contributed by atoms with van der Waals surface area (Å²) in [7, 11) is 0. The second-order valence-electron chi connectivity index (χ2n) is 4.25. The van der Waals surface area contributed by atoms with Crippen molar-refractivity contribution in [3.63, 3.8) is 0 Å². The molecule has 1 atom stereocenters. The number of benzene rings is 1. The molecule has 0 aromatic heterocycles. The van der Waals surface area contributed by atoms with Gasteiger partial charge in [0, 0.05) is 0 Å². The van der Waals surface area contributed by atoms with Gasteiger partial charge in [-0.05, 0) is 42.2 Å². The zero-order valence-electron chi connectivity index (χ0n) is 10.8. The minimum Gasteiger partial charge on any atom is -0.493 e. The van der Waals surface area contributed by atoms with Crippen molar-refractivity contribution in [2.45, 2.75) is 33.6 Å². The number of hydrogen-bond acceptors (Lipinski definition) is 3. The molecule has 0 saturated carbocycles. The molecule has 94 valence electrons. The summed E-state index contributed by atoms with van der Waals surface area (Å²) < 4.78 is 5.66. The van der Waals surface area contributed by atoms with E-state index in [1.807, 2.05) is 31.2 Å². The van der Waals surface area contributed by atoms with E-state index in [9.17, 15) is 0 Å². The minimum absolute atomic E-state index is 0.569. The average molecular weight is 235 g/mol. The summed E-state index contributed by atoms with van der Waals surface area (Å²) in [6.45, 7) is 7.03. The Balaban J connectivity index is 2.62. The largest absolute Gasteiger partial charge is 0.493 e. The predicted octanol–water partition coefficient (Wildman–Crippen LogP) is 3.70. The highest BCUT2D eigenvalue weighted by atomic mass is 16.5. The van der Waals surface area contributed by atoms with E-state index >= 15 is 0 Å². The summed E-state index contributed by atoms with van der Waals surface area (Å²) >= 11 is 0. The third kappa shape index (κ3) is 4.10. The van der Waals surface area contributed by atoms with Crippen molar-refractivity contribution in [2.24, 2.45) is 11.1 Å². The maximum Gasteiger partial charge on any atom is 0.119 e. The topological polar surface area (TPSA) is 41.8 Å². The number of rotatable bonds is 6. The number of ether oxygens (including phenoxy) is 1.